The van der Waals surface area contributed by atoms with Crippen LogP contribution in [0.4, 0.5) is 18.0 Å². The third-order valence-electron chi connectivity index (χ3n) is 4.85. The van der Waals surface area contributed by atoms with Gasteiger partial charge in [-0.05, 0) is 29.7 Å². The Morgan fingerprint density at radius 3 is 2.62 bits per heavy atom. The third-order valence-corrected chi connectivity index (χ3v) is 4.85. The molecule has 0 unspecified atom stereocenters. The number of β-amino-alcohol motifs (C(OH)–C–C–N with tert-alkyl or cyclic N) is 1. The van der Waals surface area contributed by atoms with Crippen molar-refractivity contribution in [2.75, 3.05) is 6.54 Å². The topological polar surface area (TPSA) is 70.6 Å². The fourth-order valence-corrected chi connectivity index (χ4v) is 3.30. The molecule has 5 nitrogen and oxygen atoms in total. The predicted molar refractivity (Wildman–Crippen MR) is 101 cm³/mol. The number of carbonyl (C=O) groups excluding carboxylic acids is 1. The molecule has 0 bridgehead atoms. The lowest BCUT2D eigenvalue weighted by molar-refractivity contribution is 0.0171. The molecular formula is C21H23F3N2O3. The van der Waals surface area contributed by atoms with Crippen LogP contribution in [0.2, 0.25) is 0 Å². The fraction of sp³-hybridized carbons (Fsp3) is 0.381. The highest BCUT2D eigenvalue weighted by Gasteiger charge is 2.37. The fourth-order valence-electron chi connectivity index (χ4n) is 3.30. The first-order valence-electron chi connectivity index (χ1n) is 9.30. The van der Waals surface area contributed by atoms with E-state index in [1.165, 1.54) is 30.3 Å². The molecule has 0 spiro atoms. The monoisotopic (exact) mass is 408 g/mol. The number of rotatable bonds is 6. The van der Waals surface area contributed by atoms with Crippen molar-refractivity contribution in [3.05, 3.63) is 71.0 Å². The van der Waals surface area contributed by atoms with Gasteiger partial charge in [-0.15, -0.1) is 0 Å². The Labute approximate surface area is 166 Å². The highest BCUT2D eigenvalue weighted by atomic mass is 19.3. The molecule has 3 atom stereocenters. The van der Waals surface area contributed by atoms with Gasteiger partial charge < -0.3 is 20.5 Å². The third kappa shape index (κ3) is 5.71. The van der Waals surface area contributed by atoms with Gasteiger partial charge in [0.1, 0.15) is 18.0 Å². The van der Waals surface area contributed by atoms with Crippen LogP contribution < -0.4 is 10.6 Å². The van der Waals surface area contributed by atoms with Gasteiger partial charge in [-0.2, -0.15) is 0 Å². The largest absolute Gasteiger partial charge is 0.442 e. The molecule has 8 heteroatoms. The second-order valence-corrected chi connectivity index (χ2v) is 7.22. The Morgan fingerprint density at radius 1 is 1.24 bits per heavy atom. The number of alkyl halides is 2. The smallest absolute Gasteiger partial charge is 0.407 e. The first kappa shape index (κ1) is 21.1. The van der Waals surface area contributed by atoms with Crippen molar-refractivity contribution >= 4 is 6.09 Å². The Balaban J connectivity index is 1.57. The van der Waals surface area contributed by atoms with E-state index < -0.39 is 30.0 Å². The van der Waals surface area contributed by atoms with Gasteiger partial charge in [0, 0.05) is 25.6 Å². The van der Waals surface area contributed by atoms with Crippen molar-refractivity contribution in [1.82, 2.24) is 10.6 Å². The molecule has 1 fully saturated rings. The maximum atomic E-state index is 13.3. The maximum absolute atomic E-state index is 13.3. The van der Waals surface area contributed by atoms with Gasteiger partial charge in [0.15, 0.2) is 0 Å². The van der Waals surface area contributed by atoms with Gasteiger partial charge in [0.25, 0.3) is 5.92 Å². The van der Waals surface area contributed by atoms with Crippen LogP contribution in [-0.4, -0.2) is 36.0 Å². The van der Waals surface area contributed by atoms with Gasteiger partial charge in [-0.3, -0.25) is 0 Å². The number of aliphatic hydroxyl groups is 1. The van der Waals surface area contributed by atoms with Crippen LogP contribution in [0, 0.1) is 5.82 Å². The average molecular weight is 408 g/mol. The van der Waals surface area contributed by atoms with Crippen molar-refractivity contribution in [3.63, 3.8) is 0 Å². The summed E-state index contributed by atoms with van der Waals surface area (Å²) >= 11 is 0. The maximum Gasteiger partial charge on any atom is 0.407 e. The molecule has 3 N–H and O–H groups in total. The van der Waals surface area contributed by atoms with Crippen molar-refractivity contribution in [2.45, 2.75) is 44.1 Å². The molecule has 2 aromatic rings. The standard InChI is InChI=1S/C21H23F3N2O3/c1-21(23,24)15-7-5-13(6-8-15)10-17-19(18(27)12-25-17)29-20(28)26-11-14-3-2-4-16(22)9-14/h2-9,17-19,25,27H,10-12H2,1H3,(H,26,28)/t17-,18+,19+/m1/s1. The summed E-state index contributed by atoms with van der Waals surface area (Å²) in [6.07, 6.45) is -2.02. The Morgan fingerprint density at radius 2 is 1.97 bits per heavy atom. The van der Waals surface area contributed by atoms with Crippen LogP contribution >= 0.6 is 0 Å². The summed E-state index contributed by atoms with van der Waals surface area (Å²) in [5.41, 5.74) is 1.28. The molecule has 1 saturated heterocycles. The first-order valence-corrected chi connectivity index (χ1v) is 9.30. The van der Waals surface area contributed by atoms with E-state index in [0.717, 1.165) is 12.5 Å². The number of benzene rings is 2. The van der Waals surface area contributed by atoms with E-state index in [-0.39, 0.29) is 24.7 Å². The summed E-state index contributed by atoms with van der Waals surface area (Å²) in [5.74, 6) is -3.31. The minimum absolute atomic E-state index is 0.0785. The summed E-state index contributed by atoms with van der Waals surface area (Å²) in [6.45, 7) is 1.17. The minimum Gasteiger partial charge on any atom is -0.442 e. The molecule has 2 aromatic carbocycles. The molecule has 0 aliphatic carbocycles. The number of amides is 1. The molecule has 1 aliphatic rings. The number of ether oxygens (including phenoxy) is 1. The van der Waals surface area contributed by atoms with E-state index in [0.29, 0.717) is 12.0 Å². The van der Waals surface area contributed by atoms with E-state index in [4.69, 9.17) is 4.74 Å². The molecule has 1 heterocycles. The Hall–Kier alpha value is -2.58. The highest BCUT2D eigenvalue weighted by molar-refractivity contribution is 5.67. The van der Waals surface area contributed by atoms with E-state index in [1.54, 1.807) is 18.2 Å². The van der Waals surface area contributed by atoms with Crippen molar-refractivity contribution in [2.24, 2.45) is 0 Å². The van der Waals surface area contributed by atoms with E-state index in [1.807, 2.05) is 0 Å². The lowest BCUT2D eigenvalue weighted by Gasteiger charge is -2.22. The number of halogens is 3. The molecule has 3 rings (SSSR count). The average Bonchev–Trinajstić information content (AvgIpc) is 2.99. The molecule has 1 amide bonds. The van der Waals surface area contributed by atoms with Gasteiger partial charge in [-0.25, -0.2) is 18.0 Å². The molecular weight excluding hydrogens is 385 g/mol. The van der Waals surface area contributed by atoms with Crippen LogP contribution in [0.1, 0.15) is 23.6 Å². The number of nitrogens with one attached hydrogen (secondary N) is 2. The number of alkyl carbamates (subject to hydrolysis) is 1. The summed E-state index contributed by atoms with van der Waals surface area (Å²) in [6, 6.07) is 11.4. The molecule has 156 valence electrons. The normalized spacial score (nSPS) is 21.8. The first-order chi connectivity index (χ1) is 13.7. The second-order valence-electron chi connectivity index (χ2n) is 7.22. The van der Waals surface area contributed by atoms with Crippen molar-refractivity contribution < 1.29 is 27.8 Å². The van der Waals surface area contributed by atoms with Crippen LogP contribution in [-0.2, 0) is 23.6 Å². The molecule has 0 saturated carbocycles. The predicted octanol–water partition coefficient (Wildman–Crippen LogP) is 3.11. The molecule has 29 heavy (non-hydrogen) atoms. The van der Waals surface area contributed by atoms with Gasteiger partial charge in [0.05, 0.1) is 6.04 Å². The number of hydrogen-bond donors (Lipinski definition) is 3. The quantitative estimate of drug-likeness (QED) is 0.687. The van der Waals surface area contributed by atoms with Crippen LogP contribution in [0.3, 0.4) is 0 Å². The highest BCUT2D eigenvalue weighted by Crippen LogP contribution is 2.27. The number of aliphatic hydroxyl groups excluding tert-OH is 1. The minimum atomic E-state index is -2.91. The van der Waals surface area contributed by atoms with Gasteiger partial charge in [-0.1, -0.05) is 36.4 Å². The zero-order valence-electron chi connectivity index (χ0n) is 15.9. The van der Waals surface area contributed by atoms with E-state index in [9.17, 15) is 23.1 Å². The van der Waals surface area contributed by atoms with E-state index in [2.05, 4.69) is 10.6 Å². The van der Waals surface area contributed by atoms with E-state index >= 15 is 0 Å². The second kappa shape index (κ2) is 8.84. The summed E-state index contributed by atoms with van der Waals surface area (Å²) in [5, 5.41) is 15.8. The SMILES string of the molecule is CC(F)(F)c1ccc(C[C@H]2NC[C@H](O)[C@H]2OC(=O)NCc2cccc(F)c2)cc1. The zero-order chi connectivity index (χ0) is 21.0. The van der Waals surface area contributed by atoms with Crippen LogP contribution in [0.5, 0.6) is 0 Å². The zero-order valence-corrected chi connectivity index (χ0v) is 15.9. The van der Waals surface area contributed by atoms with Crippen LogP contribution in [0.15, 0.2) is 48.5 Å². The Bertz CT molecular complexity index is 840. The van der Waals surface area contributed by atoms with Crippen molar-refractivity contribution in [3.8, 4) is 0 Å². The Kier molecular flexibility index (Phi) is 6.44. The lowest BCUT2D eigenvalue weighted by atomic mass is 9.99. The molecule has 0 aromatic heterocycles. The van der Waals surface area contributed by atoms with Gasteiger partial charge in [0.2, 0.25) is 0 Å². The summed E-state index contributed by atoms with van der Waals surface area (Å²) in [7, 11) is 0. The number of carbonyl (C=O) groups is 1. The molecule has 1 aliphatic heterocycles. The van der Waals surface area contributed by atoms with Crippen LogP contribution in [0.25, 0.3) is 0 Å². The lowest BCUT2D eigenvalue weighted by Crippen LogP contribution is -2.41. The summed E-state index contributed by atoms with van der Waals surface area (Å²) < 4.78 is 45.2. The van der Waals surface area contributed by atoms with Gasteiger partial charge >= 0.3 is 6.09 Å². The molecule has 0 radical (unpaired) electrons. The number of hydrogen-bond acceptors (Lipinski definition) is 4. The van der Waals surface area contributed by atoms with Crippen molar-refractivity contribution in [1.29, 1.82) is 0 Å². The summed E-state index contributed by atoms with van der Waals surface area (Å²) in [4.78, 5) is 12.1.